The van der Waals surface area contributed by atoms with Crippen molar-refractivity contribution in [2.45, 2.75) is 90.6 Å². The highest BCUT2D eigenvalue weighted by atomic mass is 16.6. The number of nitrogens with zero attached hydrogens (tertiary/aromatic N) is 1. The molecule has 0 aliphatic carbocycles. The predicted molar refractivity (Wildman–Crippen MR) is 113 cm³/mol. The Morgan fingerprint density at radius 3 is 2.24 bits per heavy atom. The zero-order valence-corrected chi connectivity index (χ0v) is 18.7. The molecule has 0 unspecified atom stereocenters. The maximum Gasteiger partial charge on any atom is 0.410 e. The van der Waals surface area contributed by atoms with Gasteiger partial charge in [-0.3, -0.25) is 4.79 Å². The SMILES string of the molecule is CC(C)(C)OC(=O)C[C@H]1[C@@H](NCc2ccccc2)CCCN1C(=O)OC(C)(C)C. The summed E-state index contributed by atoms with van der Waals surface area (Å²) in [6.07, 6.45) is 1.51. The van der Waals surface area contributed by atoms with E-state index in [0.717, 1.165) is 18.4 Å². The highest BCUT2D eigenvalue weighted by Crippen LogP contribution is 2.25. The summed E-state index contributed by atoms with van der Waals surface area (Å²) < 4.78 is 11.1. The molecule has 29 heavy (non-hydrogen) atoms. The standard InChI is InChI=1S/C23H36N2O4/c1-22(2,3)28-20(26)15-19-18(24-16-17-11-8-7-9-12-17)13-10-14-25(19)21(27)29-23(4,5)6/h7-9,11-12,18-19,24H,10,13-16H2,1-6H3/t18-,19-/m0/s1. The van der Waals surface area contributed by atoms with Gasteiger partial charge in [0.05, 0.1) is 12.5 Å². The van der Waals surface area contributed by atoms with Crippen molar-refractivity contribution in [1.29, 1.82) is 0 Å². The van der Waals surface area contributed by atoms with Crippen LogP contribution in [0.3, 0.4) is 0 Å². The third-order valence-electron chi connectivity index (χ3n) is 4.61. The number of esters is 1. The Hall–Kier alpha value is -2.08. The van der Waals surface area contributed by atoms with E-state index in [-0.39, 0.29) is 30.6 Å². The number of amides is 1. The van der Waals surface area contributed by atoms with Crippen molar-refractivity contribution < 1.29 is 19.1 Å². The summed E-state index contributed by atoms with van der Waals surface area (Å²) in [4.78, 5) is 27.1. The van der Waals surface area contributed by atoms with Crippen LogP contribution in [0.5, 0.6) is 0 Å². The van der Waals surface area contributed by atoms with Crippen LogP contribution < -0.4 is 5.32 Å². The number of benzene rings is 1. The molecule has 0 spiro atoms. The number of nitrogens with one attached hydrogen (secondary N) is 1. The number of hydrogen-bond donors (Lipinski definition) is 1. The van der Waals surface area contributed by atoms with Crippen molar-refractivity contribution in [3.8, 4) is 0 Å². The Kier molecular flexibility index (Phi) is 7.69. The van der Waals surface area contributed by atoms with Crippen molar-refractivity contribution in [3.05, 3.63) is 35.9 Å². The van der Waals surface area contributed by atoms with Gasteiger partial charge in [0.1, 0.15) is 11.2 Å². The molecule has 162 valence electrons. The van der Waals surface area contributed by atoms with E-state index in [1.54, 1.807) is 4.90 Å². The molecule has 1 aromatic rings. The van der Waals surface area contributed by atoms with Crippen LogP contribution in [0.1, 0.15) is 66.4 Å². The monoisotopic (exact) mass is 404 g/mol. The molecule has 0 radical (unpaired) electrons. The fourth-order valence-corrected chi connectivity index (χ4v) is 3.49. The molecule has 1 aliphatic heterocycles. The number of hydrogen-bond acceptors (Lipinski definition) is 5. The topological polar surface area (TPSA) is 67.9 Å². The number of rotatable bonds is 5. The minimum absolute atomic E-state index is 0.0102. The van der Waals surface area contributed by atoms with Gasteiger partial charge in [-0.05, 0) is 59.9 Å². The van der Waals surface area contributed by atoms with E-state index in [0.29, 0.717) is 13.1 Å². The molecule has 6 heteroatoms. The first-order chi connectivity index (χ1) is 13.4. The lowest BCUT2D eigenvalue weighted by Gasteiger charge is -2.42. The fraction of sp³-hybridized carbons (Fsp3) is 0.652. The van der Waals surface area contributed by atoms with E-state index >= 15 is 0 Å². The van der Waals surface area contributed by atoms with Gasteiger partial charge >= 0.3 is 12.1 Å². The maximum atomic E-state index is 12.8. The summed E-state index contributed by atoms with van der Waals surface area (Å²) in [6.45, 7) is 12.4. The zero-order chi connectivity index (χ0) is 21.7. The molecule has 0 saturated carbocycles. The smallest absolute Gasteiger partial charge is 0.410 e. The van der Waals surface area contributed by atoms with Gasteiger partial charge in [0.2, 0.25) is 0 Å². The summed E-state index contributed by atoms with van der Waals surface area (Å²) in [5, 5.41) is 3.55. The van der Waals surface area contributed by atoms with Crippen molar-refractivity contribution in [3.63, 3.8) is 0 Å². The van der Waals surface area contributed by atoms with Gasteiger partial charge in [-0.15, -0.1) is 0 Å². The van der Waals surface area contributed by atoms with Gasteiger partial charge in [0.25, 0.3) is 0 Å². The maximum absolute atomic E-state index is 12.8. The summed E-state index contributed by atoms with van der Waals surface area (Å²) in [5.41, 5.74) is 0.0193. The van der Waals surface area contributed by atoms with E-state index in [1.165, 1.54) is 0 Å². The molecule has 1 fully saturated rings. The molecule has 1 saturated heterocycles. The molecule has 0 bridgehead atoms. The molecule has 1 aliphatic rings. The molecule has 1 amide bonds. The lowest BCUT2D eigenvalue weighted by molar-refractivity contribution is -0.156. The first-order valence-electron chi connectivity index (χ1n) is 10.4. The second-order valence-corrected chi connectivity index (χ2v) is 9.65. The van der Waals surface area contributed by atoms with Crippen LogP contribution in [0, 0.1) is 0 Å². The largest absolute Gasteiger partial charge is 0.460 e. The molecular weight excluding hydrogens is 368 g/mol. The van der Waals surface area contributed by atoms with E-state index in [4.69, 9.17) is 9.47 Å². The normalized spacial score (nSPS) is 20.3. The molecule has 2 rings (SSSR count). The quantitative estimate of drug-likeness (QED) is 0.742. The number of piperidine rings is 1. The fourth-order valence-electron chi connectivity index (χ4n) is 3.49. The highest BCUT2D eigenvalue weighted by Gasteiger charge is 2.38. The minimum Gasteiger partial charge on any atom is -0.460 e. The summed E-state index contributed by atoms with van der Waals surface area (Å²) >= 11 is 0. The molecular formula is C23H36N2O4. The number of likely N-dealkylation sites (tertiary alicyclic amines) is 1. The summed E-state index contributed by atoms with van der Waals surface area (Å²) in [7, 11) is 0. The Labute approximate surface area is 174 Å². The minimum atomic E-state index is -0.585. The van der Waals surface area contributed by atoms with Crippen LogP contribution in [-0.4, -0.2) is 46.8 Å². The van der Waals surface area contributed by atoms with E-state index in [9.17, 15) is 9.59 Å². The first kappa shape index (κ1) is 23.2. The molecule has 1 N–H and O–H groups in total. The molecule has 1 aromatic carbocycles. The van der Waals surface area contributed by atoms with Crippen LogP contribution >= 0.6 is 0 Å². The van der Waals surface area contributed by atoms with Gasteiger partial charge in [-0.1, -0.05) is 30.3 Å². The van der Waals surface area contributed by atoms with Gasteiger partial charge in [-0.25, -0.2) is 4.79 Å². The van der Waals surface area contributed by atoms with Crippen LogP contribution in [-0.2, 0) is 20.8 Å². The van der Waals surface area contributed by atoms with E-state index in [2.05, 4.69) is 17.4 Å². The van der Waals surface area contributed by atoms with Gasteiger partial charge in [0, 0.05) is 19.1 Å². The molecule has 0 aromatic heterocycles. The van der Waals surface area contributed by atoms with Crippen molar-refractivity contribution in [2.75, 3.05) is 6.54 Å². The summed E-state index contributed by atoms with van der Waals surface area (Å²) in [6, 6.07) is 9.79. The molecule has 2 atom stereocenters. The summed E-state index contributed by atoms with van der Waals surface area (Å²) in [5.74, 6) is -0.301. The Balaban J connectivity index is 2.15. The van der Waals surface area contributed by atoms with Gasteiger partial charge in [-0.2, -0.15) is 0 Å². The average Bonchev–Trinajstić information content (AvgIpc) is 2.58. The molecule has 6 nitrogen and oxygen atoms in total. The van der Waals surface area contributed by atoms with Gasteiger partial charge in [0.15, 0.2) is 0 Å². The second-order valence-electron chi connectivity index (χ2n) is 9.65. The number of carbonyl (C=O) groups is 2. The predicted octanol–water partition coefficient (Wildman–Crippen LogP) is 4.28. The zero-order valence-electron chi connectivity index (χ0n) is 18.7. The Morgan fingerprint density at radius 2 is 1.66 bits per heavy atom. The third-order valence-corrected chi connectivity index (χ3v) is 4.61. The van der Waals surface area contributed by atoms with Crippen LogP contribution in [0.2, 0.25) is 0 Å². The third kappa shape index (κ3) is 8.05. The van der Waals surface area contributed by atoms with Crippen LogP contribution in [0.25, 0.3) is 0 Å². The Bertz CT molecular complexity index is 676. The lowest BCUT2D eigenvalue weighted by Crippen LogP contribution is -2.57. The number of ether oxygens (including phenoxy) is 2. The lowest BCUT2D eigenvalue weighted by atomic mass is 9.93. The van der Waals surface area contributed by atoms with Crippen LogP contribution in [0.4, 0.5) is 4.79 Å². The van der Waals surface area contributed by atoms with Crippen molar-refractivity contribution >= 4 is 12.1 Å². The van der Waals surface area contributed by atoms with Gasteiger partial charge < -0.3 is 19.7 Å². The van der Waals surface area contributed by atoms with Crippen molar-refractivity contribution in [1.82, 2.24) is 10.2 Å². The van der Waals surface area contributed by atoms with Crippen LogP contribution in [0.15, 0.2) is 30.3 Å². The highest BCUT2D eigenvalue weighted by molar-refractivity contribution is 5.73. The van der Waals surface area contributed by atoms with E-state index in [1.807, 2.05) is 59.7 Å². The van der Waals surface area contributed by atoms with Crippen molar-refractivity contribution in [2.24, 2.45) is 0 Å². The second kappa shape index (κ2) is 9.61. The number of carbonyl (C=O) groups excluding carboxylic acids is 2. The molecule has 1 heterocycles. The Morgan fingerprint density at radius 1 is 1.03 bits per heavy atom. The first-order valence-corrected chi connectivity index (χ1v) is 10.4. The average molecular weight is 405 g/mol. The van der Waals surface area contributed by atoms with E-state index < -0.39 is 11.2 Å².